The monoisotopic (exact) mass is 523 g/mol. The van der Waals surface area contributed by atoms with E-state index in [9.17, 15) is 9.59 Å². The van der Waals surface area contributed by atoms with Gasteiger partial charge in [-0.25, -0.2) is 4.79 Å². The van der Waals surface area contributed by atoms with Crippen molar-refractivity contribution in [1.29, 1.82) is 0 Å². The van der Waals surface area contributed by atoms with Crippen molar-refractivity contribution in [2.75, 3.05) is 11.9 Å². The fourth-order valence-electron chi connectivity index (χ4n) is 4.65. The third-order valence-electron chi connectivity index (χ3n) is 6.88. The highest BCUT2D eigenvalue weighted by atomic mass is 35.5. The van der Waals surface area contributed by atoms with Crippen LogP contribution >= 0.6 is 22.9 Å². The summed E-state index contributed by atoms with van der Waals surface area (Å²) in [6.45, 7) is 5.09. The van der Waals surface area contributed by atoms with Gasteiger partial charge in [0.25, 0.3) is 0 Å². The molecule has 3 amide bonds. The Kier molecular flexibility index (Phi) is 9.05. The average Bonchev–Trinajstić information content (AvgIpc) is 3.29. The Morgan fingerprint density at radius 3 is 2.39 bits per heavy atom. The molecular formula is C29H34ClN3O2S. The molecule has 1 fully saturated rings. The molecule has 1 aromatic heterocycles. The number of carbonyl (C=O) groups is 2. The molecule has 1 aliphatic carbocycles. The van der Waals surface area contributed by atoms with E-state index in [1.165, 1.54) is 16.9 Å². The first-order valence-electron chi connectivity index (χ1n) is 12.6. The van der Waals surface area contributed by atoms with Crippen LogP contribution in [0.15, 0.2) is 60.0 Å². The molecular weight excluding hydrogens is 490 g/mol. The lowest BCUT2D eigenvalue weighted by Crippen LogP contribution is -2.49. The molecule has 1 saturated carbocycles. The van der Waals surface area contributed by atoms with E-state index in [1.54, 1.807) is 22.3 Å². The van der Waals surface area contributed by atoms with Crippen molar-refractivity contribution in [3.63, 3.8) is 0 Å². The topological polar surface area (TPSA) is 52.7 Å². The minimum Gasteiger partial charge on any atom is -0.332 e. The van der Waals surface area contributed by atoms with Crippen LogP contribution in [0.25, 0.3) is 0 Å². The van der Waals surface area contributed by atoms with E-state index in [2.05, 4.69) is 23.7 Å². The molecule has 4 rings (SSSR count). The van der Waals surface area contributed by atoms with E-state index in [0.29, 0.717) is 23.8 Å². The maximum absolute atomic E-state index is 13.8. The Bertz CT molecular complexity index is 1170. The molecule has 7 heteroatoms. The van der Waals surface area contributed by atoms with Crippen molar-refractivity contribution in [1.82, 2.24) is 9.80 Å². The number of nitrogens with one attached hydrogen (secondary N) is 1. The maximum atomic E-state index is 13.8. The number of anilines is 1. The summed E-state index contributed by atoms with van der Waals surface area (Å²) in [7, 11) is 0. The van der Waals surface area contributed by atoms with Crippen LogP contribution in [0.4, 0.5) is 10.5 Å². The number of nitrogens with zero attached hydrogens (tertiary/aromatic N) is 2. The van der Waals surface area contributed by atoms with Gasteiger partial charge in [0.1, 0.15) is 6.54 Å². The van der Waals surface area contributed by atoms with Crippen molar-refractivity contribution in [3.8, 4) is 0 Å². The van der Waals surface area contributed by atoms with Gasteiger partial charge in [0, 0.05) is 28.2 Å². The molecule has 1 N–H and O–H groups in total. The lowest BCUT2D eigenvalue weighted by Gasteiger charge is -2.35. The summed E-state index contributed by atoms with van der Waals surface area (Å²) in [4.78, 5) is 32.1. The van der Waals surface area contributed by atoms with Gasteiger partial charge in [-0.3, -0.25) is 4.79 Å². The molecule has 0 atom stereocenters. The first-order chi connectivity index (χ1) is 17.4. The molecule has 1 aliphatic rings. The predicted molar refractivity (Wildman–Crippen MR) is 149 cm³/mol. The average molecular weight is 524 g/mol. The molecule has 0 aliphatic heterocycles. The van der Waals surface area contributed by atoms with E-state index in [4.69, 9.17) is 11.6 Å². The fourth-order valence-corrected chi connectivity index (χ4v) is 5.75. The van der Waals surface area contributed by atoms with Crippen LogP contribution in [0.2, 0.25) is 5.02 Å². The molecule has 5 nitrogen and oxygen atoms in total. The van der Waals surface area contributed by atoms with Crippen LogP contribution in [-0.4, -0.2) is 34.3 Å². The Hall–Kier alpha value is -2.83. The van der Waals surface area contributed by atoms with Crippen LogP contribution < -0.4 is 5.32 Å². The summed E-state index contributed by atoms with van der Waals surface area (Å²) in [5, 5.41) is 5.65. The lowest BCUT2D eigenvalue weighted by atomic mass is 9.94. The Labute approximate surface area is 223 Å². The number of benzene rings is 2. The van der Waals surface area contributed by atoms with E-state index in [1.807, 2.05) is 54.3 Å². The summed E-state index contributed by atoms with van der Waals surface area (Å²) in [6.07, 6.45) is 5.14. The van der Waals surface area contributed by atoms with Crippen LogP contribution in [0.5, 0.6) is 0 Å². The predicted octanol–water partition coefficient (Wildman–Crippen LogP) is 7.41. The van der Waals surface area contributed by atoms with Gasteiger partial charge in [0.05, 0.1) is 6.54 Å². The summed E-state index contributed by atoms with van der Waals surface area (Å²) >= 11 is 7.95. The number of hydrogen-bond donors (Lipinski definition) is 1. The highest BCUT2D eigenvalue weighted by Gasteiger charge is 2.29. The Morgan fingerprint density at radius 2 is 1.72 bits per heavy atom. The van der Waals surface area contributed by atoms with Crippen molar-refractivity contribution < 1.29 is 9.59 Å². The van der Waals surface area contributed by atoms with Crippen LogP contribution in [0.3, 0.4) is 0 Å². The number of aryl methyl sites for hydroxylation is 2. The molecule has 0 bridgehead atoms. The number of halogens is 1. The third-order valence-corrected chi connectivity index (χ3v) is 8.29. The second-order valence-corrected chi connectivity index (χ2v) is 11.0. The largest absolute Gasteiger partial charge is 0.332 e. The maximum Gasteiger partial charge on any atom is 0.322 e. The minimum atomic E-state index is -0.248. The number of rotatable bonds is 8. The van der Waals surface area contributed by atoms with Crippen molar-refractivity contribution in [2.45, 2.75) is 65.1 Å². The van der Waals surface area contributed by atoms with Crippen molar-refractivity contribution in [2.24, 2.45) is 0 Å². The second kappa shape index (κ2) is 12.4. The highest BCUT2D eigenvalue weighted by Crippen LogP contribution is 2.26. The summed E-state index contributed by atoms with van der Waals surface area (Å²) < 4.78 is 0. The minimum absolute atomic E-state index is 0.0469. The molecule has 36 heavy (non-hydrogen) atoms. The number of thiophene rings is 1. The number of amides is 3. The zero-order chi connectivity index (χ0) is 25.5. The van der Waals surface area contributed by atoms with Gasteiger partial charge in [-0.1, -0.05) is 67.3 Å². The highest BCUT2D eigenvalue weighted by molar-refractivity contribution is 7.10. The third kappa shape index (κ3) is 6.89. The number of hydrogen-bond acceptors (Lipinski definition) is 3. The summed E-state index contributed by atoms with van der Waals surface area (Å²) in [5.41, 5.74) is 3.85. The summed E-state index contributed by atoms with van der Waals surface area (Å²) in [5.74, 6) is -0.0469. The zero-order valence-electron chi connectivity index (χ0n) is 21.0. The van der Waals surface area contributed by atoms with Crippen LogP contribution in [-0.2, 0) is 17.9 Å². The standard InChI is InChI=1S/C29H34ClN3O2S/c1-21-13-14-24(17-26(21)30)31-29(35)33(25-11-7-4-8-12-25)20-28(34)32(18-23-9-5-3-6-10-23)19-27-22(2)15-16-36-27/h3,5-6,9-10,13-17,25H,4,7-8,11-12,18-20H2,1-2H3,(H,31,35). The van der Waals surface area contributed by atoms with Gasteiger partial charge in [0.2, 0.25) is 5.91 Å². The SMILES string of the molecule is Cc1ccc(NC(=O)N(CC(=O)N(Cc2ccccc2)Cc2sccc2C)C2CCCCC2)cc1Cl. The molecule has 190 valence electrons. The van der Waals surface area contributed by atoms with E-state index in [-0.39, 0.29) is 24.5 Å². The van der Waals surface area contributed by atoms with E-state index >= 15 is 0 Å². The first-order valence-corrected chi connectivity index (χ1v) is 13.8. The van der Waals surface area contributed by atoms with E-state index < -0.39 is 0 Å². The van der Waals surface area contributed by atoms with Crippen molar-refractivity contribution in [3.05, 3.63) is 86.6 Å². The molecule has 3 aromatic rings. The van der Waals surface area contributed by atoms with E-state index in [0.717, 1.165) is 36.8 Å². The van der Waals surface area contributed by atoms with Gasteiger partial charge < -0.3 is 15.1 Å². The van der Waals surface area contributed by atoms with Gasteiger partial charge >= 0.3 is 6.03 Å². The van der Waals surface area contributed by atoms with Gasteiger partial charge in [-0.15, -0.1) is 11.3 Å². The molecule has 0 spiro atoms. The van der Waals surface area contributed by atoms with Gasteiger partial charge in [-0.2, -0.15) is 0 Å². The van der Waals surface area contributed by atoms with Gasteiger partial charge in [-0.05, 0) is 67.0 Å². The quantitative estimate of drug-likeness (QED) is 0.334. The Balaban J connectivity index is 1.55. The molecule has 1 heterocycles. The van der Waals surface area contributed by atoms with Crippen molar-refractivity contribution >= 4 is 40.6 Å². The molecule has 0 saturated heterocycles. The van der Waals surface area contributed by atoms with Crippen LogP contribution in [0, 0.1) is 13.8 Å². The second-order valence-electron chi connectivity index (χ2n) is 9.58. The molecule has 0 unspecified atom stereocenters. The Morgan fingerprint density at radius 1 is 0.972 bits per heavy atom. The van der Waals surface area contributed by atoms with Crippen LogP contribution in [0.1, 0.15) is 53.7 Å². The lowest BCUT2D eigenvalue weighted by molar-refractivity contribution is -0.133. The smallest absolute Gasteiger partial charge is 0.322 e. The zero-order valence-corrected chi connectivity index (χ0v) is 22.6. The van der Waals surface area contributed by atoms with Gasteiger partial charge in [0.15, 0.2) is 0 Å². The molecule has 0 radical (unpaired) electrons. The number of carbonyl (C=O) groups excluding carboxylic acids is 2. The molecule has 2 aromatic carbocycles. The fraction of sp³-hybridized carbons (Fsp3) is 0.379. The number of urea groups is 1. The first kappa shape index (κ1) is 26.2. The normalized spacial score (nSPS) is 13.9. The summed E-state index contributed by atoms with van der Waals surface area (Å²) in [6, 6.07) is 17.4.